The Labute approximate surface area is 82.3 Å². The van der Waals surface area contributed by atoms with E-state index in [0.29, 0.717) is 6.07 Å². The molecule has 0 aliphatic carbocycles. The van der Waals surface area contributed by atoms with Gasteiger partial charge in [-0.3, -0.25) is 9.89 Å². The molecule has 8 heteroatoms. The molecule has 1 aromatic rings. The third kappa shape index (κ3) is 2.94. The highest BCUT2D eigenvalue weighted by Gasteiger charge is 2.34. The van der Waals surface area contributed by atoms with Crippen LogP contribution in [0.1, 0.15) is 16.2 Å². The van der Waals surface area contributed by atoms with Gasteiger partial charge in [0.1, 0.15) is 5.69 Å². The minimum absolute atomic E-state index is 0.0286. The number of rotatable bonds is 3. The molecule has 0 saturated carbocycles. The molecule has 0 aromatic carbocycles. The van der Waals surface area contributed by atoms with E-state index in [1.807, 2.05) is 5.10 Å². The van der Waals surface area contributed by atoms with Crippen molar-refractivity contribution in [3.05, 3.63) is 17.5 Å². The number of nitrogens with one attached hydrogen (secondary N) is 2. The van der Waals surface area contributed by atoms with E-state index < -0.39 is 17.8 Å². The number of H-pyrrole nitrogens is 1. The summed E-state index contributed by atoms with van der Waals surface area (Å²) in [5, 5.41) is 15.5. The molecule has 1 heterocycles. The van der Waals surface area contributed by atoms with Gasteiger partial charge in [0, 0.05) is 12.6 Å². The van der Waals surface area contributed by atoms with Crippen LogP contribution in [0.4, 0.5) is 13.2 Å². The zero-order valence-corrected chi connectivity index (χ0v) is 7.43. The predicted octanol–water partition coefficient (Wildman–Crippen LogP) is 0.151. The van der Waals surface area contributed by atoms with Gasteiger partial charge >= 0.3 is 6.18 Å². The molecule has 0 saturated heterocycles. The van der Waals surface area contributed by atoms with Crippen LogP contribution in [0, 0.1) is 0 Å². The largest absolute Gasteiger partial charge is 0.435 e. The summed E-state index contributed by atoms with van der Waals surface area (Å²) in [7, 11) is 0. The van der Waals surface area contributed by atoms with Crippen molar-refractivity contribution in [2.24, 2.45) is 0 Å². The van der Waals surface area contributed by atoms with Crippen LogP contribution in [0.2, 0.25) is 0 Å². The first kappa shape index (κ1) is 11.5. The van der Waals surface area contributed by atoms with Crippen LogP contribution in [0.15, 0.2) is 6.07 Å². The van der Waals surface area contributed by atoms with Crippen molar-refractivity contribution in [3.8, 4) is 0 Å². The average molecular weight is 223 g/mol. The van der Waals surface area contributed by atoms with Crippen molar-refractivity contribution in [1.29, 1.82) is 0 Å². The van der Waals surface area contributed by atoms with Gasteiger partial charge in [-0.25, -0.2) is 0 Å². The van der Waals surface area contributed by atoms with Crippen molar-refractivity contribution >= 4 is 5.91 Å². The van der Waals surface area contributed by atoms with Gasteiger partial charge in [0.05, 0.1) is 6.61 Å². The zero-order chi connectivity index (χ0) is 11.5. The number of carbonyl (C=O) groups excluding carboxylic acids is 1. The number of carbonyl (C=O) groups is 1. The maximum absolute atomic E-state index is 12.1. The molecule has 0 spiro atoms. The maximum atomic E-state index is 12.1. The van der Waals surface area contributed by atoms with Crippen LogP contribution in [-0.2, 0) is 6.18 Å². The standard InChI is InChI=1S/C7H8F3N3O2/c8-7(9,10)5-3-4(12-13-5)6(15)11-1-2-14/h3,14H,1-2H2,(H,11,15)(H,12,13). The molecule has 1 amide bonds. The monoisotopic (exact) mass is 223 g/mol. The van der Waals surface area contributed by atoms with E-state index >= 15 is 0 Å². The summed E-state index contributed by atoms with van der Waals surface area (Å²) >= 11 is 0. The minimum Gasteiger partial charge on any atom is -0.395 e. The Kier molecular flexibility index (Phi) is 3.30. The zero-order valence-electron chi connectivity index (χ0n) is 7.43. The molecule has 1 rings (SSSR count). The molecular formula is C7H8F3N3O2. The van der Waals surface area contributed by atoms with Crippen molar-refractivity contribution in [1.82, 2.24) is 15.5 Å². The Bertz CT molecular complexity index is 347. The second-order valence-electron chi connectivity index (χ2n) is 2.64. The molecule has 0 bridgehead atoms. The number of aliphatic hydroxyl groups is 1. The molecule has 1 aromatic heterocycles. The third-order valence-electron chi connectivity index (χ3n) is 1.51. The van der Waals surface area contributed by atoms with E-state index in [1.165, 1.54) is 0 Å². The highest BCUT2D eigenvalue weighted by atomic mass is 19.4. The number of aromatic amines is 1. The van der Waals surface area contributed by atoms with Gasteiger partial charge in [-0.15, -0.1) is 0 Å². The number of hydrogen-bond donors (Lipinski definition) is 3. The first-order valence-corrected chi connectivity index (χ1v) is 3.97. The molecular weight excluding hydrogens is 215 g/mol. The van der Waals surface area contributed by atoms with Crippen LogP contribution >= 0.6 is 0 Å². The Balaban J connectivity index is 2.72. The van der Waals surface area contributed by atoms with Gasteiger partial charge in [0.2, 0.25) is 0 Å². The van der Waals surface area contributed by atoms with Crippen molar-refractivity contribution in [2.75, 3.05) is 13.2 Å². The fraction of sp³-hybridized carbons (Fsp3) is 0.429. The van der Waals surface area contributed by atoms with E-state index in [9.17, 15) is 18.0 Å². The van der Waals surface area contributed by atoms with Crippen LogP contribution in [-0.4, -0.2) is 34.4 Å². The van der Waals surface area contributed by atoms with E-state index in [0.717, 1.165) is 0 Å². The lowest BCUT2D eigenvalue weighted by molar-refractivity contribution is -0.141. The van der Waals surface area contributed by atoms with E-state index in [4.69, 9.17) is 5.11 Å². The van der Waals surface area contributed by atoms with Gasteiger partial charge in [0.25, 0.3) is 5.91 Å². The average Bonchev–Trinajstić information content (AvgIpc) is 2.62. The molecule has 0 fully saturated rings. The summed E-state index contributed by atoms with van der Waals surface area (Å²) < 4.78 is 36.2. The van der Waals surface area contributed by atoms with Gasteiger partial charge < -0.3 is 10.4 Å². The number of aliphatic hydroxyl groups excluding tert-OH is 1. The molecule has 0 aliphatic heterocycles. The lowest BCUT2D eigenvalue weighted by Crippen LogP contribution is -2.26. The first-order chi connectivity index (χ1) is 6.95. The second-order valence-corrected chi connectivity index (χ2v) is 2.64. The number of halogens is 3. The van der Waals surface area contributed by atoms with Gasteiger partial charge in [-0.05, 0) is 0 Å². The molecule has 0 unspecified atom stereocenters. The SMILES string of the molecule is O=C(NCCO)c1cc(C(F)(F)F)n[nH]1. The smallest absolute Gasteiger partial charge is 0.395 e. The van der Waals surface area contributed by atoms with Crippen LogP contribution in [0.5, 0.6) is 0 Å². The highest BCUT2D eigenvalue weighted by Crippen LogP contribution is 2.27. The Hall–Kier alpha value is -1.57. The Morgan fingerprint density at radius 1 is 1.60 bits per heavy atom. The molecule has 15 heavy (non-hydrogen) atoms. The minimum atomic E-state index is -4.58. The van der Waals surface area contributed by atoms with Crippen LogP contribution in [0.3, 0.4) is 0 Å². The maximum Gasteiger partial charge on any atom is 0.435 e. The molecule has 3 N–H and O–H groups in total. The summed E-state index contributed by atoms with van der Waals surface area (Å²) in [4.78, 5) is 11.1. The predicted molar refractivity (Wildman–Crippen MR) is 43.0 cm³/mol. The normalized spacial score (nSPS) is 11.5. The summed E-state index contributed by atoms with van der Waals surface area (Å²) in [6.07, 6.45) is -4.58. The number of hydrogen-bond acceptors (Lipinski definition) is 3. The second kappa shape index (κ2) is 4.30. The fourth-order valence-corrected chi connectivity index (χ4v) is 0.848. The molecule has 84 valence electrons. The quantitative estimate of drug-likeness (QED) is 0.682. The molecule has 0 aliphatic rings. The van der Waals surface area contributed by atoms with Crippen molar-refractivity contribution in [2.45, 2.75) is 6.18 Å². The van der Waals surface area contributed by atoms with Gasteiger partial charge in [0.15, 0.2) is 5.69 Å². The van der Waals surface area contributed by atoms with Gasteiger partial charge in [-0.2, -0.15) is 18.3 Å². The highest BCUT2D eigenvalue weighted by molar-refractivity contribution is 5.92. The summed E-state index contributed by atoms with van der Waals surface area (Å²) in [6, 6.07) is 0.604. The number of aromatic nitrogens is 2. The molecule has 0 atom stereocenters. The van der Waals surface area contributed by atoms with Crippen molar-refractivity contribution in [3.63, 3.8) is 0 Å². The number of alkyl halides is 3. The summed E-state index contributed by atoms with van der Waals surface area (Å²) in [6.45, 7) is -0.314. The lowest BCUT2D eigenvalue weighted by Gasteiger charge is -1.99. The fourth-order valence-electron chi connectivity index (χ4n) is 0.848. The Morgan fingerprint density at radius 3 is 2.73 bits per heavy atom. The third-order valence-corrected chi connectivity index (χ3v) is 1.51. The summed E-state index contributed by atoms with van der Waals surface area (Å²) in [5.41, 5.74) is -1.45. The molecule has 0 radical (unpaired) electrons. The number of nitrogens with zero attached hydrogens (tertiary/aromatic N) is 1. The number of amides is 1. The Morgan fingerprint density at radius 2 is 2.27 bits per heavy atom. The molecule has 5 nitrogen and oxygen atoms in total. The van der Waals surface area contributed by atoms with Crippen LogP contribution < -0.4 is 5.32 Å². The van der Waals surface area contributed by atoms with Gasteiger partial charge in [-0.1, -0.05) is 0 Å². The lowest BCUT2D eigenvalue weighted by atomic mass is 10.3. The summed E-state index contributed by atoms with van der Waals surface area (Å²) in [5.74, 6) is -0.743. The topological polar surface area (TPSA) is 78.0 Å². The van der Waals surface area contributed by atoms with E-state index in [2.05, 4.69) is 10.4 Å². The van der Waals surface area contributed by atoms with E-state index in [1.54, 1.807) is 0 Å². The van der Waals surface area contributed by atoms with Crippen LogP contribution in [0.25, 0.3) is 0 Å². The first-order valence-electron chi connectivity index (χ1n) is 3.97. The van der Waals surface area contributed by atoms with Crippen molar-refractivity contribution < 1.29 is 23.1 Å². The van der Waals surface area contributed by atoms with E-state index in [-0.39, 0.29) is 18.8 Å².